The molecule has 1 aromatic heterocycles. The van der Waals surface area contributed by atoms with E-state index in [1.807, 2.05) is 11.6 Å². The van der Waals surface area contributed by atoms with Gasteiger partial charge in [-0.05, 0) is 13.3 Å². The Bertz CT molecular complexity index is 638. The summed E-state index contributed by atoms with van der Waals surface area (Å²) in [4.78, 5) is 23.3. The average Bonchev–Trinajstić information content (AvgIpc) is 2.82. The van der Waals surface area contributed by atoms with Gasteiger partial charge in [0.25, 0.3) is 10.0 Å². The number of esters is 1. The summed E-state index contributed by atoms with van der Waals surface area (Å²) in [6, 6.07) is -0.867. The third-order valence-corrected chi connectivity index (χ3v) is 3.85. The maximum atomic E-state index is 12.2. The van der Waals surface area contributed by atoms with E-state index in [1.54, 1.807) is 6.92 Å². The van der Waals surface area contributed by atoms with E-state index in [2.05, 4.69) is 10.4 Å². The van der Waals surface area contributed by atoms with Crippen LogP contribution in [0.15, 0.2) is 11.2 Å². The lowest BCUT2D eigenvalue weighted by Gasteiger charge is -2.07. The molecule has 0 saturated heterocycles. The number of aromatic nitrogens is 2. The Morgan fingerprint density at radius 1 is 1.36 bits per heavy atom. The second kappa shape index (κ2) is 7.78. The fourth-order valence-corrected chi connectivity index (χ4v) is 2.68. The number of hydrogen-bond acceptors (Lipinski definition) is 6. The number of carbonyl (C=O) groups is 2. The van der Waals surface area contributed by atoms with Crippen LogP contribution in [0.2, 0.25) is 0 Å². The van der Waals surface area contributed by atoms with Gasteiger partial charge in [0.1, 0.15) is 5.56 Å². The van der Waals surface area contributed by atoms with Gasteiger partial charge in [-0.1, -0.05) is 13.3 Å². The summed E-state index contributed by atoms with van der Waals surface area (Å²) in [6.45, 7) is 3.99. The fraction of sp³-hybridized carbons (Fsp3) is 0.583. The van der Waals surface area contributed by atoms with E-state index in [9.17, 15) is 18.0 Å². The monoisotopic (exact) mass is 332 g/mol. The van der Waals surface area contributed by atoms with Crippen molar-refractivity contribution in [3.8, 4) is 0 Å². The first-order valence-corrected chi connectivity index (χ1v) is 8.31. The Morgan fingerprint density at radius 2 is 2.05 bits per heavy atom. The van der Waals surface area contributed by atoms with E-state index in [1.165, 1.54) is 13.2 Å². The molecule has 0 spiro atoms. The summed E-state index contributed by atoms with van der Waals surface area (Å²) in [5.41, 5.74) is -0.224. The van der Waals surface area contributed by atoms with Gasteiger partial charge < -0.3 is 10.1 Å². The molecule has 0 aromatic carbocycles. The molecule has 2 N–H and O–H groups in total. The van der Waals surface area contributed by atoms with Gasteiger partial charge in [-0.15, -0.1) is 0 Å². The van der Waals surface area contributed by atoms with E-state index < -0.39 is 27.0 Å². The van der Waals surface area contributed by atoms with Crippen molar-refractivity contribution < 1.29 is 22.7 Å². The Labute approximate surface area is 129 Å². The maximum Gasteiger partial charge on any atom is 0.342 e. The Morgan fingerprint density at radius 3 is 2.64 bits per heavy atom. The first-order valence-electron chi connectivity index (χ1n) is 6.83. The number of aryl methyl sites for hydroxylation is 1. The van der Waals surface area contributed by atoms with Gasteiger partial charge in [-0.3, -0.25) is 4.68 Å². The van der Waals surface area contributed by atoms with Gasteiger partial charge >= 0.3 is 12.0 Å². The molecule has 22 heavy (non-hydrogen) atoms. The molecule has 10 heteroatoms. The summed E-state index contributed by atoms with van der Waals surface area (Å²) in [7, 11) is -2.80. The highest BCUT2D eigenvalue weighted by atomic mass is 32.2. The molecule has 0 aliphatic carbocycles. The predicted molar refractivity (Wildman–Crippen MR) is 77.8 cm³/mol. The molecule has 0 aliphatic heterocycles. The zero-order valence-electron chi connectivity index (χ0n) is 12.7. The van der Waals surface area contributed by atoms with Crippen LogP contribution in [-0.2, 0) is 21.8 Å². The standard InChI is InChI=1S/C12H20N4O5S/c1-4-6-7-13-12(18)15-22(19,20)10-9(8-16(3)14-10)11(17)21-5-2/h8H,4-7H2,1-3H3,(H2,13,15,18). The number of hydrogen-bond donors (Lipinski definition) is 2. The van der Waals surface area contributed by atoms with Crippen LogP contribution < -0.4 is 10.0 Å². The smallest absolute Gasteiger partial charge is 0.342 e. The summed E-state index contributed by atoms with van der Waals surface area (Å²) >= 11 is 0. The highest BCUT2D eigenvalue weighted by molar-refractivity contribution is 7.90. The van der Waals surface area contributed by atoms with Crippen LogP contribution >= 0.6 is 0 Å². The number of nitrogens with zero attached hydrogens (tertiary/aromatic N) is 2. The normalized spacial score (nSPS) is 11.0. The Kier molecular flexibility index (Phi) is 6.35. The van der Waals surface area contributed by atoms with Gasteiger partial charge in [0.05, 0.1) is 6.61 Å². The van der Waals surface area contributed by atoms with E-state index in [0.717, 1.165) is 17.5 Å². The summed E-state index contributed by atoms with van der Waals surface area (Å²) < 4.78 is 32.1. The lowest BCUT2D eigenvalue weighted by molar-refractivity contribution is 0.0521. The van der Waals surface area contributed by atoms with Crippen molar-refractivity contribution >= 4 is 22.0 Å². The molecule has 124 valence electrons. The Balaban J connectivity index is 2.93. The van der Waals surface area contributed by atoms with Crippen molar-refractivity contribution in [2.45, 2.75) is 31.7 Å². The number of unbranched alkanes of at least 4 members (excludes halogenated alkanes) is 1. The molecule has 1 heterocycles. The number of nitrogens with one attached hydrogen (secondary N) is 2. The first kappa shape index (κ1) is 18.0. The number of carbonyl (C=O) groups excluding carboxylic acids is 2. The molecule has 0 atom stereocenters. The van der Waals surface area contributed by atoms with Gasteiger partial charge in [0, 0.05) is 19.8 Å². The van der Waals surface area contributed by atoms with E-state index >= 15 is 0 Å². The number of urea groups is 1. The minimum atomic E-state index is -4.26. The van der Waals surface area contributed by atoms with Crippen LogP contribution in [0.1, 0.15) is 37.0 Å². The van der Waals surface area contributed by atoms with Crippen LogP contribution in [0.4, 0.5) is 4.79 Å². The number of amides is 2. The molecular weight excluding hydrogens is 312 g/mol. The fourth-order valence-electron chi connectivity index (χ4n) is 1.60. The summed E-state index contributed by atoms with van der Waals surface area (Å²) in [6.07, 6.45) is 2.81. The predicted octanol–water partition coefficient (Wildman–Crippen LogP) is 0.385. The van der Waals surface area contributed by atoms with Crippen molar-refractivity contribution in [2.24, 2.45) is 7.05 Å². The minimum absolute atomic E-state index is 0.0954. The average molecular weight is 332 g/mol. The lowest BCUT2D eigenvalue weighted by atomic mass is 10.3. The van der Waals surface area contributed by atoms with Crippen LogP contribution in [0.3, 0.4) is 0 Å². The van der Waals surface area contributed by atoms with Crippen LogP contribution in [-0.4, -0.2) is 43.4 Å². The van der Waals surface area contributed by atoms with E-state index in [0.29, 0.717) is 6.54 Å². The SMILES string of the molecule is CCCCNC(=O)NS(=O)(=O)c1nn(C)cc1C(=O)OCC. The van der Waals surface area contributed by atoms with Crippen molar-refractivity contribution in [1.29, 1.82) is 0 Å². The number of ether oxygens (including phenoxy) is 1. The minimum Gasteiger partial charge on any atom is -0.462 e. The van der Waals surface area contributed by atoms with Gasteiger partial charge in [0.15, 0.2) is 0 Å². The maximum absolute atomic E-state index is 12.2. The van der Waals surface area contributed by atoms with E-state index in [4.69, 9.17) is 4.74 Å². The van der Waals surface area contributed by atoms with Gasteiger partial charge in [-0.25, -0.2) is 14.3 Å². The van der Waals surface area contributed by atoms with Crippen LogP contribution in [0.5, 0.6) is 0 Å². The molecule has 0 radical (unpaired) electrons. The molecule has 2 amide bonds. The van der Waals surface area contributed by atoms with Gasteiger partial charge in [-0.2, -0.15) is 13.5 Å². The number of sulfonamides is 1. The van der Waals surface area contributed by atoms with Crippen molar-refractivity contribution in [3.05, 3.63) is 11.8 Å². The zero-order chi connectivity index (χ0) is 16.8. The first-order chi connectivity index (χ1) is 10.3. The zero-order valence-corrected chi connectivity index (χ0v) is 13.6. The summed E-state index contributed by atoms with van der Waals surface area (Å²) in [5, 5.41) is 5.59. The quantitative estimate of drug-likeness (QED) is 0.550. The van der Waals surface area contributed by atoms with E-state index in [-0.39, 0.29) is 12.2 Å². The van der Waals surface area contributed by atoms with Crippen molar-refractivity contribution in [1.82, 2.24) is 19.8 Å². The van der Waals surface area contributed by atoms with Crippen molar-refractivity contribution in [3.63, 3.8) is 0 Å². The topological polar surface area (TPSA) is 119 Å². The highest BCUT2D eigenvalue weighted by Crippen LogP contribution is 2.14. The molecular formula is C12H20N4O5S. The molecule has 9 nitrogen and oxygen atoms in total. The second-order valence-corrected chi connectivity index (χ2v) is 6.05. The molecule has 0 unspecified atom stereocenters. The Hall–Kier alpha value is -2.10. The van der Waals surface area contributed by atoms with Crippen LogP contribution in [0.25, 0.3) is 0 Å². The molecule has 0 bridgehead atoms. The molecule has 1 aromatic rings. The number of rotatable bonds is 7. The largest absolute Gasteiger partial charge is 0.462 e. The third kappa shape index (κ3) is 4.72. The van der Waals surface area contributed by atoms with Crippen molar-refractivity contribution in [2.75, 3.05) is 13.2 Å². The lowest BCUT2D eigenvalue weighted by Crippen LogP contribution is -2.40. The molecule has 1 rings (SSSR count). The molecule has 0 aliphatic rings. The highest BCUT2D eigenvalue weighted by Gasteiger charge is 2.29. The molecule has 0 saturated carbocycles. The van der Waals surface area contributed by atoms with Crippen LogP contribution in [0, 0.1) is 0 Å². The van der Waals surface area contributed by atoms with Gasteiger partial charge in [0.2, 0.25) is 5.03 Å². The third-order valence-electron chi connectivity index (χ3n) is 2.59. The summed E-state index contributed by atoms with van der Waals surface area (Å²) in [5.74, 6) is -0.817. The molecule has 0 fully saturated rings. The second-order valence-electron chi connectivity index (χ2n) is 4.46.